The molecule has 7 heteroatoms. The number of hydrogen-bond acceptors (Lipinski definition) is 4. The van der Waals surface area contributed by atoms with Crippen LogP contribution in [0.2, 0.25) is 0 Å². The molecule has 2 N–H and O–H groups in total. The van der Waals surface area contributed by atoms with Crippen LogP contribution < -0.4 is 4.72 Å². The number of aryl methyl sites for hydroxylation is 1. The number of hydrogen-bond donors (Lipinski definition) is 2. The predicted molar refractivity (Wildman–Crippen MR) is 103 cm³/mol. The van der Waals surface area contributed by atoms with Crippen molar-refractivity contribution in [2.75, 3.05) is 4.72 Å². The molecule has 0 saturated heterocycles. The summed E-state index contributed by atoms with van der Waals surface area (Å²) in [5.74, 6) is -0.857. The first-order valence-corrected chi connectivity index (χ1v) is 9.63. The van der Waals surface area contributed by atoms with E-state index in [4.69, 9.17) is 4.42 Å². The van der Waals surface area contributed by atoms with Crippen LogP contribution in [-0.2, 0) is 10.0 Å². The van der Waals surface area contributed by atoms with Gasteiger partial charge in [0.15, 0.2) is 0 Å². The molecule has 4 rings (SSSR count). The molecule has 0 bridgehead atoms. The van der Waals surface area contributed by atoms with E-state index in [-0.39, 0.29) is 16.2 Å². The van der Waals surface area contributed by atoms with Gasteiger partial charge in [-0.25, -0.2) is 13.2 Å². The van der Waals surface area contributed by atoms with Crippen LogP contribution >= 0.6 is 0 Å². The molecular weight excluding hydrogens is 366 g/mol. The van der Waals surface area contributed by atoms with E-state index in [1.165, 1.54) is 18.2 Å². The molecule has 27 heavy (non-hydrogen) atoms. The van der Waals surface area contributed by atoms with Crippen molar-refractivity contribution >= 4 is 43.4 Å². The Bertz CT molecular complexity index is 1290. The lowest BCUT2D eigenvalue weighted by molar-refractivity contribution is 0.0697. The van der Waals surface area contributed by atoms with Crippen molar-refractivity contribution < 1.29 is 22.7 Å². The second-order valence-corrected chi connectivity index (χ2v) is 7.79. The summed E-state index contributed by atoms with van der Waals surface area (Å²) in [6, 6.07) is 16.6. The van der Waals surface area contributed by atoms with Crippen molar-refractivity contribution in [1.82, 2.24) is 0 Å². The third-order valence-electron chi connectivity index (χ3n) is 4.38. The third kappa shape index (κ3) is 2.82. The lowest BCUT2D eigenvalue weighted by Gasteiger charge is -2.11. The summed E-state index contributed by atoms with van der Waals surface area (Å²) < 4.78 is 33.8. The number of nitrogens with one attached hydrogen (secondary N) is 1. The Morgan fingerprint density at radius 2 is 1.59 bits per heavy atom. The van der Waals surface area contributed by atoms with Crippen LogP contribution in [0.25, 0.3) is 21.7 Å². The van der Waals surface area contributed by atoms with Crippen LogP contribution in [0.3, 0.4) is 0 Å². The number of anilines is 1. The van der Waals surface area contributed by atoms with Gasteiger partial charge in [0.2, 0.25) is 0 Å². The van der Waals surface area contributed by atoms with Gasteiger partial charge in [-0.1, -0.05) is 42.5 Å². The molecule has 0 aliphatic heterocycles. The Morgan fingerprint density at radius 1 is 0.963 bits per heavy atom. The fourth-order valence-electron chi connectivity index (χ4n) is 3.19. The van der Waals surface area contributed by atoms with Gasteiger partial charge in [0.25, 0.3) is 10.0 Å². The highest BCUT2D eigenvalue weighted by atomic mass is 32.2. The molecule has 0 atom stereocenters. The van der Waals surface area contributed by atoms with Crippen molar-refractivity contribution in [3.8, 4) is 0 Å². The summed E-state index contributed by atoms with van der Waals surface area (Å²) in [4.78, 5) is 11.8. The summed E-state index contributed by atoms with van der Waals surface area (Å²) in [7, 11) is -3.83. The molecule has 0 spiro atoms. The second-order valence-electron chi connectivity index (χ2n) is 6.10. The molecule has 0 saturated carbocycles. The lowest BCUT2D eigenvalue weighted by Crippen LogP contribution is -2.13. The van der Waals surface area contributed by atoms with Crippen molar-refractivity contribution in [1.29, 1.82) is 0 Å². The molecular formula is C20H15NO5S. The smallest absolute Gasteiger partial charge is 0.339 e. The fraction of sp³-hybridized carbons (Fsp3) is 0.0500. The van der Waals surface area contributed by atoms with E-state index in [1.807, 2.05) is 0 Å². The van der Waals surface area contributed by atoms with Gasteiger partial charge >= 0.3 is 5.97 Å². The molecule has 136 valence electrons. The number of carboxylic acids is 1. The van der Waals surface area contributed by atoms with Crippen LogP contribution in [-0.4, -0.2) is 19.5 Å². The molecule has 1 heterocycles. The average Bonchev–Trinajstić information content (AvgIpc) is 2.98. The molecule has 0 unspecified atom stereocenters. The van der Waals surface area contributed by atoms with Gasteiger partial charge in [-0.05, 0) is 25.1 Å². The SMILES string of the molecule is Cc1oc2c(cc(NS(=O)(=O)c3ccccc3)c3ccccc32)c1C(=O)O. The maximum Gasteiger partial charge on any atom is 0.339 e. The monoisotopic (exact) mass is 381 g/mol. The summed E-state index contributed by atoms with van der Waals surface area (Å²) in [6.07, 6.45) is 0. The lowest BCUT2D eigenvalue weighted by atomic mass is 10.0. The van der Waals surface area contributed by atoms with E-state index in [0.29, 0.717) is 27.4 Å². The number of aromatic carboxylic acids is 1. The normalized spacial score (nSPS) is 11.7. The predicted octanol–water partition coefficient (Wildman–Crippen LogP) is 4.39. The first-order valence-electron chi connectivity index (χ1n) is 8.14. The van der Waals surface area contributed by atoms with Gasteiger partial charge in [0.1, 0.15) is 16.9 Å². The van der Waals surface area contributed by atoms with Crippen LogP contribution in [0, 0.1) is 6.92 Å². The van der Waals surface area contributed by atoms with Crippen molar-refractivity contribution in [2.45, 2.75) is 11.8 Å². The third-order valence-corrected chi connectivity index (χ3v) is 5.76. The van der Waals surface area contributed by atoms with Gasteiger partial charge < -0.3 is 9.52 Å². The highest BCUT2D eigenvalue weighted by Gasteiger charge is 2.22. The Kier molecular flexibility index (Phi) is 3.89. The molecule has 4 aromatic rings. The van der Waals surface area contributed by atoms with Crippen molar-refractivity contribution in [3.63, 3.8) is 0 Å². The molecule has 0 radical (unpaired) electrons. The van der Waals surface area contributed by atoms with Gasteiger partial charge in [-0.3, -0.25) is 4.72 Å². The minimum atomic E-state index is -3.83. The van der Waals surface area contributed by atoms with Gasteiger partial charge in [0, 0.05) is 16.2 Å². The zero-order valence-electron chi connectivity index (χ0n) is 14.3. The molecule has 3 aromatic carbocycles. The molecule has 0 aliphatic carbocycles. The Morgan fingerprint density at radius 3 is 2.26 bits per heavy atom. The van der Waals surface area contributed by atoms with E-state index in [1.54, 1.807) is 49.4 Å². The minimum Gasteiger partial charge on any atom is -0.478 e. The van der Waals surface area contributed by atoms with E-state index < -0.39 is 16.0 Å². The van der Waals surface area contributed by atoms with Gasteiger partial charge in [-0.15, -0.1) is 0 Å². The van der Waals surface area contributed by atoms with E-state index in [9.17, 15) is 18.3 Å². The Labute approximate surface area is 155 Å². The number of carboxylic acid groups (broad SMARTS) is 1. The second kappa shape index (κ2) is 6.14. The first-order chi connectivity index (χ1) is 12.9. The highest BCUT2D eigenvalue weighted by molar-refractivity contribution is 7.92. The fourth-order valence-corrected chi connectivity index (χ4v) is 4.28. The minimum absolute atomic E-state index is 0.0240. The van der Waals surface area contributed by atoms with Crippen LogP contribution in [0.4, 0.5) is 5.69 Å². The van der Waals surface area contributed by atoms with Gasteiger partial charge in [0.05, 0.1) is 10.6 Å². The van der Waals surface area contributed by atoms with Gasteiger partial charge in [-0.2, -0.15) is 0 Å². The highest BCUT2D eigenvalue weighted by Crippen LogP contribution is 2.37. The maximum absolute atomic E-state index is 12.8. The average molecular weight is 381 g/mol. The van der Waals surface area contributed by atoms with Crippen molar-refractivity contribution in [3.05, 3.63) is 72.0 Å². The maximum atomic E-state index is 12.8. The molecule has 0 amide bonds. The topological polar surface area (TPSA) is 96.6 Å². The van der Waals surface area contributed by atoms with E-state index in [0.717, 1.165) is 0 Å². The zero-order valence-corrected chi connectivity index (χ0v) is 15.1. The first kappa shape index (κ1) is 17.1. The summed E-state index contributed by atoms with van der Waals surface area (Å²) in [6.45, 7) is 1.58. The van der Waals surface area contributed by atoms with E-state index in [2.05, 4.69) is 4.72 Å². The zero-order chi connectivity index (χ0) is 19.2. The molecule has 0 aliphatic rings. The quantitative estimate of drug-likeness (QED) is 0.546. The summed E-state index contributed by atoms with van der Waals surface area (Å²) in [5.41, 5.74) is 0.740. The van der Waals surface area contributed by atoms with Crippen LogP contribution in [0.5, 0.6) is 0 Å². The number of fused-ring (bicyclic) bond motifs is 3. The Balaban J connectivity index is 1.99. The number of carbonyl (C=O) groups is 1. The number of sulfonamides is 1. The van der Waals surface area contributed by atoms with Crippen molar-refractivity contribution in [2.24, 2.45) is 0 Å². The largest absolute Gasteiger partial charge is 0.478 e. The van der Waals surface area contributed by atoms with E-state index >= 15 is 0 Å². The summed E-state index contributed by atoms with van der Waals surface area (Å²) >= 11 is 0. The molecule has 0 fully saturated rings. The summed E-state index contributed by atoms with van der Waals surface area (Å²) in [5, 5.41) is 11.1. The number of furan rings is 1. The van der Waals surface area contributed by atoms with Crippen LogP contribution in [0.1, 0.15) is 16.1 Å². The Hall–Kier alpha value is -3.32. The molecule has 1 aromatic heterocycles. The van der Waals surface area contributed by atoms with Crippen LogP contribution in [0.15, 0.2) is 70.0 Å². The number of rotatable bonds is 4. The standard InChI is InChI=1S/C20H15NO5S/c1-12-18(20(22)23)16-11-17(14-9-5-6-10-15(14)19(16)26-12)21-27(24,25)13-7-3-2-4-8-13/h2-11,21H,1H3,(H,22,23). The number of benzene rings is 3. The molecule has 6 nitrogen and oxygen atoms in total.